The van der Waals surface area contributed by atoms with Crippen molar-refractivity contribution in [1.82, 2.24) is 9.80 Å². The number of rotatable bonds is 6. The number of carbonyl (C=O) groups is 1. The Balaban J connectivity index is 2.00. The van der Waals surface area contributed by atoms with E-state index in [2.05, 4.69) is 4.99 Å². The maximum atomic E-state index is 11.7. The Morgan fingerprint density at radius 2 is 2.37 bits per heavy atom. The number of amides is 1. The maximum absolute atomic E-state index is 11.7. The Morgan fingerprint density at radius 1 is 1.53 bits per heavy atom. The van der Waals surface area contributed by atoms with Crippen molar-refractivity contribution < 1.29 is 19.4 Å². The minimum absolute atomic E-state index is 0.0879. The third kappa shape index (κ3) is 3.57. The van der Waals surface area contributed by atoms with Crippen molar-refractivity contribution in [1.29, 1.82) is 0 Å². The van der Waals surface area contributed by atoms with Gasteiger partial charge >= 0.3 is 0 Å². The Hall–Kier alpha value is -1.35. The van der Waals surface area contributed by atoms with E-state index < -0.39 is 0 Å². The molecule has 0 saturated carbocycles. The van der Waals surface area contributed by atoms with E-state index in [1.54, 1.807) is 23.3 Å². The number of aliphatic imine (C=N–C) groups is 1. The van der Waals surface area contributed by atoms with Crippen LogP contribution in [-0.2, 0) is 11.3 Å². The lowest BCUT2D eigenvalue weighted by Crippen LogP contribution is -2.41. The standard InChI is InChI=1S/C11H15N3O4S/c15-6-12-11-14(10(17)5-19-11)7-13(8-16)4-9-2-1-3-18-9/h1-3,15-16H,4-8H2. The number of hydrogen-bond acceptors (Lipinski definition) is 7. The fourth-order valence-electron chi connectivity index (χ4n) is 1.69. The lowest BCUT2D eigenvalue weighted by Gasteiger charge is -2.24. The average molecular weight is 285 g/mol. The van der Waals surface area contributed by atoms with Crippen LogP contribution in [0.15, 0.2) is 27.8 Å². The predicted octanol–water partition coefficient (Wildman–Crippen LogP) is -0.130. The number of aliphatic hydroxyl groups excluding tert-OH is 2. The molecule has 2 N–H and O–H groups in total. The number of aliphatic hydroxyl groups is 2. The fraction of sp³-hybridized carbons (Fsp3) is 0.455. The third-order valence-corrected chi connectivity index (χ3v) is 3.56. The van der Waals surface area contributed by atoms with Gasteiger partial charge in [0.05, 0.1) is 32.0 Å². The summed E-state index contributed by atoms with van der Waals surface area (Å²) >= 11 is 1.28. The number of hydrogen-bond donors (Lipinski definition) is 2. The summed E-state index contributed by atoms with van der Waals surface area (Å²) in [6, 6.07) is 3.56. The molecule has 1 aromatic heterocycles. The molecule has 0 aromatic carbocycles. The molecule has 0 atom stereocenters. The molecule has 1 aromatic rings. The van der Waals surface area contributed by atoms with Crippen LogP contribution >= 0.6 is 11.8 Å². The molecule has 1 saturated heterocycles. The van der Waals surface area contributed by atoms with E-state index in [0.29, 0.717) is 23.2 Å². The molecule has 1 fully saturated rings. The lowest BCUT2D eigenvalue weighted by molar-refractivity contribution is -0.126. The molecule has 0 radical (unpaired) electrons. The third-order valence-electron chi connectivity index (χ3n) is 2.56. The molecule has 2 rings (SSSR count). The zero-order chi connectivity index (χ0) is 13.7. The zero-order valence-corrected chi connectivity index (χ0v) is 11.0. The first-order chi connectivity index (χ1) is 9.24. The van der Waals surface area contributed by atoms with E-state index in [0.717, 1.165) is 0 Å². The normalized spacial score (nSPS) is 17.9. The molecule has 1 aliphatic rings. The van der Waals surface area contributed by atoms with Gasteiger partial charge in [0.1, 0.15) is 12.5 Å². The Kier molecular flexibility index (Phi) is 4.97. The van der Waals surface area contributed by atoms with Crippen LogP contribution in [0, 0.1) is 0 Å². The molecule has 7 nitrogen and oxygen atoms in total. The van der Waals surface area contributed by atoms with Crippen molar-refractivity contribution in [2.45, 2.75) is 6.54 Å². The Morgan fingerprint density at radius 3 is 3.00 bits per heavy atom. The quantitative estimate of drug-likeness (QED) is 0.708. The summed E-state index contributed by atoms with van der Waals surface area (Å²) in [6.45, 7) is 0.0389. The van der Waals surface area contributed by atoms with E-state index in [4.69, 9.17) is 9.52 Å². The van der Waals surface area contributed by atoms with Crippen LogP contribution in [0.3, 0.4) is 0 Å². The van der Waals surface area contributed by atoms with Gasteiger partial charge in [-0.1, -0.05) is 11.8 Å². The summed E-state index contributed by atoms with van der Waals surface area (Å²) in [5.74, 6) is 0.919. The molecule has 0 unspecified atom stereocenters. The monoisotopic (exact) mass is 285 g/mol. The Labute approximate surface area is 114 Å². The summed E-state index contributed by atoms with van der Waals surface area (Å²) in [4.78, 5) is 18.7. The highest BCUT2D eigenvalue weighted by molar-refractivity contribution is 8.15. The first-order valence-electron chi connectivity index (χ1n) is 5.68. The smallest absolute Gasteiger partial charge is 0.240 e. The highest BCUT2D eigenvalue weighted by atomic mass is 32.2. The molecular formula is C11H15N3O4S. The van der Waals surface area contributed by atoms with Crippen molar-refractivity contribution in [2.75, 3.05) is 25.9 Å². The van der Waals surface area contributed by atoms with Gasteiger partial charge in [0.15, 0.2) is 5.17 Å². The molecule has 19 heavy (non-hydrogen) atoms. The summed E-state index contributed by atoms with van der Waals surface area (Å²) in [6.07, 6.45) is 1.56. The van der Waals surface area contributed by atoms with Crippen LogP contribution in [0.25, 0.3) is 0 Å². The molecule has 0 bridgehead atoms. The Bertz CT molecular complexity index is 449. The number of thioether (sulfide) groups is 1. The molecule has 8 heteroatoms. The second-order valence-corrected chi connectivity index (χ2v) is 4.83. The van der Waals surface area contributed by atoms with E-state index in [1.807, 2.05) is 0 Å². The summed E-state index contributed by atoms with van der Waals surface area (Å²) in [5, 5.41) is 18.6. The molecule has 1 aliphatic heterocycles. The first-order valence-corrected chi connectivity index (χ1v) is 6.67. The highest BCUT2D eigenvalue weighted by Gasteiger charge is 2.29. The van der Waals surface area contributed by atoms with Crippen molar-refractivity contribution in [2.24, 2.45) is 4.99 Å². The van der Waals surface area contributed by atoms with E-state index in [9.17, 15) is 9.90 Å². The summed E-state index contributed by atoms with van der Waals surface area (Å²) < 4.78 is 5.20. The molecule has 0 spiro atoms. The van der Waals surface area contributed by atoms with Gasteiger partial charge in [-0.2, -0.15) is 0 Å². The van der Waals surface area contributed by atoms with Gasteiger partial charge in [0.25, 0.3) is 0 Å². The van der Waals surface area contributed by atoms with E-state index >= 15 is 0 Å². The second-order valence-electron chi connectivity index (χ2n) is 3.88. The predicted molar refractivity (Wildman–Crippen MR) is 70.0 cm³/mol. The van der Waals surface area contributed by atoms with Crippen molar-refractivity contribution in [3.8, 4) is 0 Å². The van der Waals surface area contributed by atoms with Crippen LogP contribution in [0.5, 0.6) is 0 Å². The minimum Gasteiger partial charge on any atom is -0.468 e. The number of furan rings is 1. The van der Waals surface area contributed by atoms with E-state index in [1.165, 1.54) is 16.7 Å². The molecule has 104 valence electrons. The van der Waals surface area contributed by atoms with Crippen molar-refractivity contribution in [3.63, 3.8) is 0 Å². The number of nitrogens with zero attached hydrogens (tertiary/aromatic N) is 3. The van der Waals surface area contributed by atoms with Gasteiger partial charge in [-0.15, -0.1) is 0 Å². The highest BCUT2D eigenvalue weighted by Crippen LogP contribution is 2.20. The minimum atomic E-state index is -0.358. The largest absolute Gasteiger partial charge is 0.468 e. The number of amidine groups is 1. The van der Waals surface area contributed by atoms with Crippen LogP contribution in [0.4, 0.5) is 0 Å². The van der Waals surface area contributed by atoms with Crippen LogP contribution in [-0.4, -0.2) is 57.0 Å². The van der Waals surface area contributed by atoms with Gasteiger partial charge in [0.2, 0.25) is 5.91 Å². The van der Waals surface area contributed by atoms with Crippen molar-refractivity contribution in [3.05, 3.63) is 24.2 Å². The SMILES string of the molecule is O=C1CSC(=NCO)N1CN(CO)Cc1ccco1. The average Bonchev–Trinajstić information content (AvgIpc) is 3.02. The topological polar surface area (TPSA) is 89.5 Å². The number of carbonyl (C=O) groups excluding carboxylic acids is 1. The molecule has 2 heterocycles. The zero-order valence-electron chi connectivity index (χ0n) is 10.2. The lowest BCUT2D eigenvalue weighted by atomic mass is 10.4. The van der Waals surface area contributed by atoms with Gasteiger partial charge in [0, 0.05) is 0 Å². The van der Waals surface area contributed by atoms with Gasteiger partial charge in [-0.25, -0.2) is 4.99 Å². The molecule has 1 amide bonds. The summed E-state index contributed by atoms with van der Waals surface area (Å²) in [7, 11) is 0. The fourth-order valence-corrected chi connectivity index (χ4v) is 2.56. The van der Waals surface area contributed by atoms with Crippen LogP contribution in [0.2, 0.25) is 0 Å². The van der Waals surface area contributed by atoms with Gasteiger partial charge in [-0.05, 0) is 12.1 Å². The summed E-state index contributed by atoms with van der Waals surface area (Å²) in [5.41, 5.74) is 0. The van der Waals surface area contributed by atoms with Gasteiger partial charge < -0.3 is 14.6 Å². The maximum Gasteiger partial charge on any atom is 0.240 e. The molecule has 0 aliphatic carbocycles. The van der Waals surface area contributed by atoms with Crippen molar-refractivity contribution >= 4 is 22.8 Å². The molecular weight excluding hydrogens is 270 g/mol. The first kappa shape index (κ1) is 14.1. The van der Waals surface area contributed by atoms with Crippen LogP contribution in [0.1, 0.15) is 5.76 Å². The van der Waals surface area contributed by atoms with E-state index in [-0.39, 0.29) is 26.0 Å². The second kappa shape index (κ2) is 6.71. The van der Waals surface area contributed by atoms with Gasteiger partial charge in [-0.3, -0.25) is 14.6 Å². The van der Waals surface area contributed by atoms with Crippen LogP contribution < -0.4 is 0 Å².